The average Bonchev–Trinajstić information content (AvgIpc) is 3.31. The molecule has 4 aromatic heterocycles. The molecule has 0 fully saturated rings. The number of nitrogens with zero attached hydrogens (tertiary/aromatic N) is 3. The molecule has 4 rings (SSSR count). The van der Waals surface area contributed by atoms with Gasteiger partial charge in [-0.3, -0.25) is 14.3 Å². The number of pyridine rings is 1. The van der Waals surface area contributed by atoms with Crippen LogP contribution in [0.1, 0.15) is 13.0 Å². The van der Waals surface area contributed by atoms with Crippen LogP contribution in [0.15, 0.2) is 57.4 Å². The van der Waals surface area contributed by atoms with Gasteiger partial charge in [-0.25, -0.2) is 9.78 Å². The highest BCUT2D eigenvalue weighted by molar-refractivity contribution is 7.17. The Morgan fingerprint density at radius 3 is 2.81 bits per heavy atom. The Morgan fingerprint density at radius 1 is 1.31 bits per heavy atom. The minimum Gasteiger partial charge on any atom is -0.480 e. The molecule has 0 aromatic carbocycles. The summed E-state index contributed by atoms with van der Waals surface area (Å²) in [5.74, 6) is -0.360. The quantitative estimate of drug-likeness (QED) is 0.593. The Labute approximate surface area is 151 Å². The number of carboxylic acid groups (broad SMARTS) is 1. The smallest absolute Gasteiger partial charge is 0.326 e. The van der Waals surface area contributed by atoms with Crippen molar-refractivity contribution in [2.24, 2.45) is 0 Å². The van der Waals surface area contributed by atoms with Crippen LogP contribution in [0.5, 0.6) is 0 Å². The molecule has 1 unspecified atom stereocenters. The van der Waals surface area contributed by atoms with E-state index >= 15 is 0 Å². The molecule has 4 heterocycles. The number of aromatic nitrogens is 3. The summed E-state index contributed by atoms with van der Waals surface area (Å²) in [4.78, 5) is 34.1. The molecule has 7 nitrogen and oxygen atoms in total. The topological polar surface area (TPSA) is 98.2 Å². The maximum atomic E-state index is 13.2. The van der Waals surface area contributed by atoms with E-state index in [1.807, 2.05) is 0 Å². The molecule has 1 N–H and O–H groups in total. The fourth-order valence-corrected chi connectivity index (χ4v) is 3.68. The zero-order valence-electron chi connectivity index (χ0n) is 13.6. The first-order valence-corrected chi connectivity index (χ1v) is 8.67. The summed E-state index contributed by atoms with van der Waals surface area (Å²) in [6.45, 7) is 1.45. The molecule has 0 aliphatic heterocycles. The number of thiophene rings is 1. The number of hydrogen-bond acceptors (Lipinski definition) is 6. The van der Waals surface area contributed by atoms with E-state index < -0.39 is 17.6 Å². The molecule has 0 saturated heterocycles. The molecule has 0 aliphatic rings. The van der Waals surface area contributed by atoms with Gasteiger partial charge in [-0.1, -0.05) is 6.07 Å². The van der Waals surface area contributed by atoms with Crippen molar-refractivity contribution in [2.75, 3.05) is 0 Å². The first-order valence-electron chi connectivity index (χ1n) is 7.79. The summed E-state index contributed by atoms with van der Waals surface area (Å²) < 4.78 is 6.58. The van der Waals surface area contributed by atoms with Crippen molar-refractivity contribution in [2.45, 2.75) is 13.0 Å². The Kier molecular flexibility index (Phi) is 3.89. The van der Waals surface area contributed by atoms with Crippen molar-refractivity contribution >= 4 is 27.5 Å². The van der Waals surface area contributed by atoms with Gasteiger partial charge in [0.2, 0.25) is 0 Å². The van der Waals surface area contributed by atoms with Crippen molar-refractivity contribution in [1.82, 2.24) is 14.5 Å². The highest BCUT2D eigenvalue weighted by atomic mass is 32.1. The summed E-state index contributed by atoms with van der Waals surface area (Å²) in [6, 6.07) is 7.58. The molecule has 26 heavy (non-hydrogen) atoms. The Morgan fingerprint density at radius 2 is 2.15 bits per heavy atom. The average molecular weight is 367 g/mol. The molecule has 0 radical (unpaired) electrons. The van der Waals surface area contributed by atoms with Gasteiger partial charge in [-0.15, -0.1) is 11.3 Å². The predicted molar refractivity (Wildman–Crippen MR) is 97.2 cm³/mol. The first-order chi connectivity index (χ1) is 12.6. The number of fused-ring (bicyclic) bond motifs is 1. The van der Waals surface area contributed by atoms with E-state index in [4.69, 9.17) is 4.42 Å². The molecule has 8 heteroatoms. The number of furan rings is 1. The lowest BCUT2D eigenvalue weighted by Gasteiger charge is -2.15. The second kappa shape index (κ2) is 6.23. The molecular weight excluding hydrogens is 354 g/mol. The standard InChI is InChI=1S/C18H13N3O4S/c1-10(18(23)24)21-15(12-5-2-3-7-19-12)20-16-14(17(21)22)11(9-26-16)13-6-4-8-25-13/h2-10H,1H3,(H,23,24). The molecule has 0 spiro atoms. The summed E-state index contributed by atoms with van der Waals surface area (Å²) in [5, 5.41) is 11.6. The SMILES string of the molecule is CC(C(=O)O)n1c(-c2ccccn2)nc2scc(-c3ccco3)c2c1=O. The number of aliphatic carboxylic acids is 1. The monoisotopic (exact) mass is 367 g/mol. The van der Waals surface area contributed by atoms with Crippen LogP contribution in [0.4, 0.5) is 0 Å². The van der Waals surface area contributed by atoms with E-state index in [-0.39, 0.29) is 5.82 Å². The molecule has 0 saturated carbocycles. The third-order valence-electron chi connectivity index (χ3n) is 4.07. The van der Waals surface area contributed by atoms with Crippen LogP contribution in [-0.4, -0.2) is 25.6 Å². The Hall–Kier alpha value is -3.26. The van der Waals surface area contributed by atoms with Gasteiger partial charge in [-0.05, 0) is 31.2 Å². The number of carboxylic acids is 1. The zero-order valence-corrected chi connectivity index (χ0v) is 14.4. The van der Waals surface area contributed by atoms with Crippen LogP contribution >= 0.6 is 11.3 Å². The molecule has 130 valence electrons. The van der Waals surface area contributed by atoms with Crippen LogP contribution < -0.4 is 5.56 Å². The summed E-state index contributed by atoms with van der Waals surface area (Å²) in [7, 11) is 0. The van der Waals surface area contributed by atoms with Gasteiger partial charge < -0.3 is 9.52 Å². The van der Waals surface area contributed by atoms with Crippen LogP contribution in [0.2, 0.25) is 0 Å². The van der Waals surface area contributed by atoms with Gasteiger partial charge in [-0.2, -0.15) is 0 Å². The van der Waals surface area contributed by atoms with Gasteiger partial charge in [0.25, 0.3) is 5.56 Å². The number of hydrogen-bond donors (Lipinski definition) is 1. The minimum absolute atomic E-state index is 0.228. The van der Waals surface area contributed by atoms with E-state index in [1.54, 1.807) is 41.9 Å². The van der Waals surface area contributed by atoms with Crippen LogP contribution in [0.25, 0.3) is 33.1 Å². The highest BCUT2D eigenvalue weighted by Crippen LogP contribution is 2.33. The Bertz CT molecular complexity index is 1150. The van der Waals surface area contributed by atoms with Crippen molar-refractivity contribution in [3.63, 3.8) is 0 Å². The lowest BCUT2D eigenvalue weighted by Crippen LogP contribution is -2.30. The zero-order chi connectivity index (χ0) is 18.3. The van der Waals surface area contributed by atoms with Crippen molar-refractivity contribution in [1.29, 1.82) is 0 Å². The lowest BCUT2D eigenvalue weighted by atomic mass is 10.2. The van der Waals surface area contributed by atoms with Gasteiger partial charge in [0, 0.05) is 17.1 Å². The fraction of sp³-hybridized carbons (Fsp3) is 0.111. The lowest BCUT2D eigenvalue weighted by molar-refractivity contribution is -0.140. The summed E-state index contributed by atoms with van der Waals surface area (Å²) >= 11 is 1.30. The normalized spacial score (nSPS) is 12.3. The van der Waals surface area contributed by atoms with Gasteiger partial charge in [0.05, 0.1) is 11.6 Å². The second-order valence-corrected chi connectivity index (χ2v) is 6.50. The molecule has 1 atom stereocenters. The third-order valence-corrected chi connectivity index (χ3v) is 4.94. The minimum atomic E-state index is -1.12. The number of rotatable bonds is 4. The molecular formula is C18H13N3O4S. The van der Waals surface area contributed by atoms with E-state index in [1.165, 1.54) is 29.1 Å². The summed E-state index contributed by atoms with van der Waals surface area (Å²) in [5.41, 5.74) is 0.608. The maximum absolute atomic E-state index is 13.2. The number of carbonyl (C=O) groups is 1. The van der Waals surface area contributed by atoms with E-state index in [9.17, 15) is 14.7 Å². The van der Waals surface area contributed by atoms with E-state index in [0.717, 1.165) is 0 Å². The van der Waals surface area contributed by atoms with E-state index in [2.05, 4.69) is 9.97 Å². The van der Waals surface area contributed by atoms with Crippen LogP contribution in [0.3, 0.4) is 0 Å². The van der Waals surface area contributed by atoms with Gasteiger partial charge in [0.15, 0.2) is 5.82 Å². The van der Waals surface area contributed by atoms with Crippen molar-refractivity contribution in [3.8, 4) is 22.8 Å². The van der Waals surface area contributed by atoms with Crippen molar-refractivity contribution in [3.05, 3.63) is 58.5 Å². The van der Waals surface area contributed by atoms with Crippen molar-refractivity contribution < 1.29 is 14.3 Å². The fourth-order valence-electron chi connectivity index (χ4n) is 2.76. The van der Waals surface area contributed by atoms with E-state index in [0.29, 0.717) is 27.2 Å². The molecule has 0 aliphatic carbocycles. The molecule has 4 aromatic rings. The Balaban J connectivity index is 2.08. The second-order valence-electron chi connectivity index (χ2n) is 5.65. The first kappa shape index (κ1) is 16.2. The maximum Gasteiger partial charge on any atom is 0.326 e. The molecule has 0 amide bonds. The van der Waals surface area contributed by atoms with Gasteiger partial charge >= 0.3 is 5.97 Å². The largest absolute Gasteiger partial charge is 0.480 e. The summed E-state index contributed by atoms with van der Waals surface area (Å²) in [6.07, 6.45) is 3.09. The predicted octanol–water partition coefficient (Wildman–Crippen LogP) is 3.43. The highest BCUT2D eigenvalue weighted by Gasteiger charge is 2.25. The molecule has 0 bridgehead atoms. The van der Waals surface area contributed by atoms with Crippen LogP contribution in [0, 0.1) is 0 Å². The van der Waals surface area contributed by atoms with Crippen LogP contribution in [-0.2, 0) is 4.79 Å². The van der Waals surface area contributed by atoms with Gasteiger partial charge in [0.1, 0.15) is 22.3 Å². The third kappa shape index (κ3) is 2.51.